The largest absolute Gasteiger partial charge is 0.873 e. The molecule has 8 nitrogen and oxygen atoms in total. The van der Waals surface area contributed by atoms with Crippen molar-refractivity contribution in [2.45, 2.75) is 107 Å². The second-order valence-corrected chi connectivity index (χ2v) is 18.4. The van der Waals surface area contributed by atoms with Crippen molar-refractivity contribution in [1.82, 2.24) is 9.97 Å². The molecule has 0 saturated heterocycles. The summed E-state index contributed by atoms with van der Waals surface area (Å²) in [6.07, 6.45) is 0. The van der Waals surface area contributed by atoms with Crippen molar-refractivity contribution in [3.8, 4) is 11.5 Å². The van der Waals surface area contributed by atoms with E-state index in [4.69, 9.17) is 9.97 Å². The predicted molar refractivity (Wildman–Crippen MR) is 283 cm³/mol. The van der Waals surface area contributed by atoms with E-state index < -0.39 is 11.5 Å². The minimum absolute atomic E-state index is 0. The first kappa shape index (κ1) is 56.3. The number of pyridine rings is 2. The van der Waals surface area contributed by atoms with E-state index in [1.807, 2.05) is 24.3 Å². The summed E-state index contributed by atoms with van der Waals surface area (Å²) >= 11 is 0. The van der Waals surface area contributed by atoms with Crippen LogP contribution in [0, 0.1) is 55.4 Å². The number of hydrogen-bond donors (Lipinski definition) is 4. The Morgan fingerprint density at radius 2 is 0.571 bits per heavy atom. The van der Waals surface area contributed by atoms with Crippen LogP contribution in [0.5, 0.6) is 11.5 Å². The van der Waals surface area contributed by atoms with Crippen molar-refractivity contribution in [3.05, 3.63) is 213 Å². The number of anilines is 4. The summed E-state index contributed by atoms with van der Waals surface area (Å²) in [4.78, 5) is 9.87. The van der Waals surface area contributed by atoms with Crippen molar-refractivity contribution in [2.24, 2.45) is 0 Å². The van der Waals surface area contributed by atoms with Gasteiger partial charge in [0.25, 0.3) is 0 Å². The summed E-state index contributed by atoms with van der Waals surface area (Å²) in [7, 11) is 0. The van der Waals surface area contributed by atoms with Crippen LogP contribution in [-0.4, -0.2) is 9.97 Å². The van der Waals surface area contributed by atoms with Gasteiger partial charge in [-0.2, -0.15) is 0 Å². The summed E-state index contributed by atoms with van der Waals surface area (Å²) in [6, 6.07) is 49.1. The zero-order chi connectivity index (χ0) is 49.1. The van der Waals surface area contributed by atoms with Gasteiger partial charge in [0, 0.05) is 56.3 Å². The van der Waals surface area contributed by atoms with E-state index in [0.717, 1.165) is 56.3 Å². The molecule has 0 spiro atoms. The van der Waals surface area contributed by atoms with Crippen molar-refractivity contribution in [2.75, 3.05) is 21.3 Å². The smallest absolute Gasteiger partial charge is 0.0657 e. The molecule has 10 heteroatoms. The Morgan fingerprint density at radius 1 is 0.329 bits per heavy atom. The number of benzene rings is 6. The van der Waals surface area contributed by atoms with E-state index in [-0.39, 0.29) is 57.7 Å². The Labute approximate surface area is 437 Å². The van der Waals surface area contributed by atoms with Gasteiger partial charge in [-0.1, -0.05) is 119 Å². The minimum Gasteiger partial charge on any atom is -0.873 e. The molecule has 370 valence electrons. The molecule has 0 aliphatic heterocycles. The molecule has 0 amide bonds. The van der Waals surface area contributed by atoms with E-state index in [1.54, 1.807) is 0 Å². The number of aryl methyl sites for hydroxylation is 8. The Morgan fingerprint density at radius 3 is 0.800 bits per heavy atom. The second kappa shape index (κ2) is 26.1. The summed E-state index contributed by atoms with van der Waals surface area (Å²) in [5.41, 5.74) is 19.0. The third-order valence-electron chi connectivity index (χ3n) is 12.2. The first-order chi connectivity index (χ1) is 32.4. The van der Waals surface area contributed by atoms with Gasteiger partial charge in [-0.25, -0.2) is 0 Å². The molecule has 4 unspecified atom stereocenters. The monoisotopic (exact) mass is 1020 g/mol. The summed E-state index contributed by atoms with van der Waals surface area (Å²) in [5.74, 6) is -0.873. The van der Waals surface area contributed by atoms with Gasteiger partial charge < -0.3 is 31.5 Å². The number of nitrogens with zero attached hydrogens (tertiary/aromatic N) is 2. The maximum absolute atomic E-state index is 10.9. The third-order valence-corrected chi connectivity index (χ3v) is 12.2. The molecule has 0 fully saturated rings. The van der Waals surface area contributed by atoms with Crippen LogP contribution in [0.3, 0.4) is 0 Å². The molecule has 4 atom stereocenters. The zero-order valence-corrected chi connectivity index (χ0v) is 44.6. The molecule has 0 bridgehead atoms. The molecular formula is C60H68Co2N6O2-2. The van der Waals surface area contributed by atoms with E-state index in [2.05, 4.69) is 214 Å². The van der Waals surface area contributed by atoms with Gasteiger partial charge in [0.1, 0.15) is 0 Å². The molecule has 0 saturated carbocycles. The van der Waals surface area contributed by atoms with Gasteiger partial charge in [-0.05, 0) is 165 Å². The van der Waals surface area contributed by atoms with Crippen LogP contribution in [0.4, 0.5) is 22.7 Å². The summed E-state index contributed by atoms with van der Waals surface area (Å²) < 4.78 is 0. The maximum Gasteiger partial charge on any atom is 0.0657 e. The molecule has 70 heavy (non-hydrogen) atoms. The van der Waals surface area contributed by atoms with Crippen LogP contribution in [0.15, 0.2) is 146 Å². The molecule has 2 aromatic heterocycles. The number of nitrogens with one attached hydrogen (secondary N) is 4. The Balaban J connectivity index is 0.000000241. The van der Waals surface area contributed by atoms with E-state index in [1.165, 1.54) is 56.6 Å². The minimum atomic E-state index is -0.436. The van der Waals surface area contributed by atoms with E-state index in [9.17, 15) is 10.2 Å². The first-order valence-corrected chi connectivity index (χ1v) is 23.6. The molecule has 8 rings (SSSR count). The normalized spacial score (nSPS) is 12.2. The maximum atomic E-state index is 10.9. The topological polar surface area (TPSA) is 120 Å². The third kappa shape index (κ3) is 15.6. The molecule has 0 aliphatic rings. The number of rotatable bonds is 12. The second-order valence-electron chi connectivity index (χ2n) is 18.4. The van der Waals surface area contributed by atoms with Crippen molar-refractivity contribution >= 4 is 33.5 Å². The summed E-state index contributed by atoms with van der Waals surface area (Å²) in [5, 5.41) is 37.9. The van der Waals surface area contributed by atoms with E-state index in [0.29, 0.717) is 0 Å². The molecular weight excluding hydrogens is 955 g/mol. The molecule has 8 aromatic rings. The van der Waals surface area contributed by atoms with Gasteiger partial charge in [0.2, 0.25) is 0 Å². The average molecular weight is 1020 g/mol. The SMILES string of the molecule is Cc1ccc(NC(C)c2cccc(C(C)Nc3ccc(C)cc3C)n2)c(C)c1.Cc1ccc(NC(C)c2cccc(C(C)Nc3ccc(C)cc3C)n2)c(C)c1.[Co].[Co].[O-]c1cc2ccccc2cc1[O-]. The van der Waals surface area contributed by atoms with Gasteiger partial charge >= 0.3 is 0 Å². The van der Waals surface area contributed by atoms with Crippen LogP contribution in [0.1, 0.15) is 119 Å². The van der Waals surface area contributed by atoms with Crippen molar-refractivity contribution in [1.29, 1.82) is 0 Å². The van der Waals surface area contributed by atoms with Crippen molar-refractivity contribution < 1.29 is 43.8 Å². The van der Waals surface area contributed by atoms with Crippen LogP contribution < -0.4 is 31.5 Å². The van der Waals surface area contributed by atoms with Crippen LogP contribution in [0.2, 0.25) is 0 Å². The molecule has 2 radical (unpaired) electrons. The Hall–Kier alpha value is -6.31. The fourth-order valence-corrected chi connectivity index (χ4v) is 8.23. The van der Waals surface area contributed by atoms with Crippen LogP contribution >= 0.6 is 0 Å². The van der Waals surface area contributed by atoms with Crippen LogP contribution in [0.25, 0.3) is 10.8 Å². The Kier molecular flexibility index (Phi) is 21.0. The zero-order valence-electron chi connectivity index (χ0n) is 42.5. The standard InChI is InChI=1S/2C25H31N3.C10H8O2.2Co/c2*1-16-10-12-22(18(3)14-16)26-20(5)24-8-7-9-25(28-24)21(6)27-23-13-11-17(2)15-19(23)4;11-9-5-7-3-1-2-4-8(7)6-10(9)12;;/h2*7-15,20-21,26-27H,1-6H3;1-6,11-12H;;/p-2. The molecule has 6 aromatic carbocycles. The number of fused-ring (bicyclic) bond motifs is 1. The number of hydrogen-bond acceptors (Lipinski definition) is 8. The molecule has 4 N–H and O–H groups in total. The fraction of sp³-hybridized carbons (Fsp3) is 0.267. The summed E-state index contributed by atoms with van der Waals surface area (Å²) in [6.45, 7) is 25.7. The molecule has 0 aliphatic carbocycles. The fourth-order valence-electron chi connectivity index (χ4n) is 8.23. The average Bonchev–Trinajstić information content (AvgIpc) is 3.31. The van der Waals surface area contributed by atoms with Gasteiger partial charge in [-0.15, -0.1) is 11.5 Å². The van der Waals surface area contributed by atoms with Crippen LogP contribution in [-0.2, 0) is 33.6 Å². The quantitative estimate of drug-likeness (QED) is 0.0955. The predicted octanol–water partition coefficient (Wildman–Crippen LogP) is 14.3. The first-order valence-electron chi connectivity index (χ1n) is 23.6. The van der Waals surface area contributed by atoms with E-state index >= 15 is 0 Å². The Bertz CT molecular complexity index is 2630. The van der Waals surface area contributed by atoms with Gasteiger partial charge in [0.05, 0.1) is 46.9 Å². The number of aromatic nitrogens is 2. The molecule has 2 heterocycles. The van der Waals surface area contributed by atoms with Gasteiger partial charge in [0.15, 0.2) is 0 Å². The van der Waals surface area contributed by atoms with Gasteiger partial charge in [-0.3, -0.25) is 9.97 Å². The van der Waals surface area contributed by atoms with Crippen molar-refractivity contribution in [3.63, 3.8) is 0 Å².